The molecule has 1 aliphatic heterocycles. The van der Waals surface area contributed by atoms with Crippen LogP contribution in [0.25, 0.3) is 0 Å². The number of nitrogens with one attached hydrogen (secondary N) is 2. The molecule has 3 rings (SSSR count). The van der Waals surface area contributed by atoms with Crippen molar-refractivity contribution in [3.05, 3.63) is 64.2 Å². The number of hydrogen-bond donors (Lipinski definition) is 2. The molecule has 0 spiro atoms. The number of hydrogen-bond acceptors (Lipinski definition) is 6. The highest BCUT2D eigenvalue weighted by Crippen LogP contribution is 2.37. The average molecular weight is 489 g/mol. The van der Waals surface area contributed by atoms with Crippen molar-refractivity contribution in [2.24, 2.45) is 0 Å². The minimum absolute atomic E-state index is 0.207. The van der Waals surface area contributed by atoms with Crippen LogP contribution in [-0.4, -0.2) is 36.3 Å². The summed E-state index contributed by atoms with van der Waals surface area (Å²) < 4.78 is 16.5. The molecule has 2 aromatic carbocycles. The number of anilines is 1. The smallest absolute Gasteiger partial charge is 0.407 e. The Bertz CT molecular complexity index is 1070. The van der Waals surface area contributed by atoms with E-state index in [1.807, 2.05) is 24.3 Å². The maximum atomic E-state index is 12.8. The van der Waals surface area contributed by atoms with Crippen molar-refractivity contribution < 1.29 is 28.6 Å². The van der Waals surface area contributed by atoms with Gasteiger partial charge in [-0.15, -0.1) is 0 Å². The topological polar surface area (TPSA) is 103 Å². The van der Waals surface area contributed by atoms with Gasteiger partial charge in [-0.05, 0) is 57.0 Å². The van der Waals surface area contributed by atoms with E-state index in [0.29, 0.717) is 16.3 Å². The van der Waals surface area contributed by atoms with Gasteiger partial charge in [0.15, 0.2) is 0 Å². The third-order valence-electron chi connectivity index (χ3n) is 4.89. The zero-order valence-electron chi connectivity index (χ0n) is 19.6. The molecule has 0 saturated carbocycles. The number of fused-ring (bicyclic) bond motifs is 1. The van der Waals surface area contributed by atoms with Crippen molar-refractivity contribution in [2.75, 3.05) is 11.9 Å². The van der Waals surface area contributed by atoms with Gasteiger partial charge in [-0.25, -0.2) is 4.79 Å². The van der Waals surface area contributed by atoms with E-state index in [1.165, 1.54) is 0 Å². The van der Waals surface area contributed by atoms with Crippen LogP contribution in [0.1, 0.15) is 56.9 Å². The highest BCUT2D eigenvalue weighted by atomic mass is 35.5. The first-order chi connectivity index (χ1) is 16.1. The number of halogens is 1. The summed E-state index contributed by atoms with van der Waals surface area (Å²) in [7, 11) is 0. The second-order valence-electron chi connectivity index (χ2n) is 8.84. The molecule has 2 amide bonds. The van der Waals surface area contributed by atoms with Crippen molar-refractivity contribution in [2.45, 2.75) is 58.5 Å². The van der Waals surface area contributed by atoms with E-state index in [0.717, 1.165) is 11.1 Å². The molecule has 2 unspecified atom stereocenters. The van der Waals surface area contributed by atoms with E-state index >= 15 is 0 Å². The average Bonchev–Trinajstić information content (AvgIpc) is 2.88. The summed E-state index contributed by atoms with van der Waals surface area (Å²) in [6, 6.07) is 12.5. The van der Waals surface area contributed by atoms with E-state index in [9.17, 15) is 14.4 Å². The Balaban J connectivity index is 1.88. The molecule has 1 heterocycles. The van der Waals surface area contributed by atoms with Crippen molar-refractivity contribution in [1.82, 2.24) is 5.32 Å². The van der Waals surface area contributed by atoms with Gasteiger partial charge < -0.3 is 24.8 Å². The molecule has 34 heavy (non-hydrogen) atoms. The maximum absolute atomic E-state index is 12.8. The minimum atomic E-state index is -1.06. The summed E-state index contributed by atoms with van der Waals surface area (Å²) in [6.45, 7) is 7.52. The Kier molecular flexibility index (Phi) is 8.17. The fraction of sp³-hybridized carbons (Fsp3) is 0.400. The molecule has 2 N–H and O–H groups in total. The van der Waals surface area contributed by atoms with E-state index in [4.69, 9.17) is 25.8 Å². The zero-order chi connectivity index (χ0) is 24.9. The van der Waals surface area contributed by atoms with E-state index in [1.54, 1.807) is 45.9 Å². The monoisotopic (exact) mass is 488 g/mol. The highest BCUT2D eigenvalue weighted by Gasteiger charge is 2.33. The van der Waals surface area contributed by atoms with Gasteiger partial charge in [-0.2, -0.15) is 0 Å². The fourth-order valence-corrected chi connectivity index (χ4v) is 3.68. The fourth-order valence-electron chi connectivity index (χ4n) is 3.50. The Labute approximate surface area is 203 Å². The molecule has 2 atom stereocenters. The van der Waals surface area contributed by atoms with Crippen molar-refractivity contribution >= 4 is 35.3 Å². The lowest BCUT2D eigenvalue weighted by molar-refractivity contribution is -0.150. The number of carbonyl (C=O) groups is 3. The van der Waals surface area contributed by atoms with Gasteiger partial charge in [0, 0.05) is 22.8 Å². The Hall–Kier alpha value is -3.10. The summed E-state index contributed by atoms with van der Waals surface area (Å²) in [4.78, 5) is 36.9. The number of carbonyl (C=O) groups excluding carboxylic acids is 3. The van der Waals surface area contributed by atoms with E-state index in [-0.39, 0.29) is 19.6 Å². The predicted octanol–water partition coefficient (Wildman–Crippen LogP) is 4.74. The second kappa shape index (κ2) is 10.9. The van der Waals surface area contributed by atoms with Crippen LogP contribution in [-0.2, 0) is 30.3 Å². The SMILES string of the molecule is CCOC(=O)CC1OC(c2cccc(CNC(=O)OC(C)(C)C)c2)c2cc(Cl)ccc2NC1=O. The van der Waals surface area contributed by atoms with Gasteiger partial charge in [0.2, 0.25) is 0 Å². The van der Waals surface area contributed by atoms with Gasteiger partial charge in [0.1, 0.15) is 17.8 Å². The van der Waals surface area contributed by atoms with Crippen LogP contribution < -0.4 is 10.6 Å². The van der Waals surface area contributed by atoms with Crippen molar-refractivity contribution in [3.8, 4) is 0 Å². The molecular formula is C25H29ClN2O6. The molecule has 0 bridgehead atoms. The van der Waals surface area contributed by atoms with Crippen LogP contribution in [0.3, 0.4) is 0 Å². The molecule has 0 radical (unpaired) electrons. The zero-order valence-corrected chi connectivity index (χ0v) is 20.4. The minimum Gasteiger partial charge on any atom is -0.466 e. The molecule has 0 fully saturated rings. The lowest BCUT2D eigenvalue weighted by Crippen LogP contribution is -2.32. The van der Waals surface area contributed by atoms with E-state index in [2.05, 4.69) is 10.6 Å². The van der Waals surface area contributed by atoms with Gasteiger partial charge in [-0.1, -0.05) is 35.9 Å². The molecule has 9 heteroatoms. The first-order valence-corrected chi connectivity index (χ1v) is 11.4. The lowest BCUT2D eigenvalue weighted by atomic mass is 9.98. The van der Waals surface area contributed by atoms with Crippen LogP contribution in [0.4, 0.5) is 10.5 Å². The number of amides is 2. The van der Waals surface area contributed by atoms with Crippen molar-refractivity contribution in [3.63, 3.8) is 0 Å². The van der Waals surface area contributed by atoms with Crippen molar-refractivity contribution in [1.29, 1.82) is 0 Å². The Morgan fingerprint density at radius 2 is 1.94 bits per heavy atom. The molecule has 8 nitrogen and oxygen atoms in total. The van der Waals surface area contributed by atoms with Gasteiger partial charge >= 0.3 is 12.1 Å². The largest absolute Gasteiger partial charge is 0.466 e. The normalized spacial score (nSPS) is 17.7. The van der Waals surface area contributed by atoms with E-state index < -0.39 is 35.8 Å². The van der Waals surface area contributed by atoms with Gasteiger partial charge in [0.25, 0.3) is 5.91 Å². The molecule has 0 aromatic heterocycles. The van der Waals surface area contributed by atoms with Crippen LogP contribution in [0.15, 0.2) is 42.5 Å². The predicted molar refractivity (Wildman–Crippen MR) is 128 cm³/mol. The van der Waals surface area contributed by atoms with Crippen LogP contribution in [0.5, 0.6) is 0 Å². The Morgan fingerprint density at radius 3 is 2.65 bits per heavy atom. The number of esters is 1. The number of ether oxygens (including phenoxy) is 3. The molecule has 1 aliphatic rings. The van der Waals surface area contributed by atoms with Gasteiger partial charge in [0.05, 0.1) is 13.0 Å². The summed E-state index contributed by atoms with van der Waals surface area (Å²) in [5, 5.41) is 6.03. The molecule has 0 aliphatic carbocycles. The molecule has 182 valence electrons. The quantitative estimate of drug-likeness (QED) is 0.569. The first kappa shape index (κ1) is 25.5. The summed E-state index contributed by atoms with van der Waals surface area (Å²) >= 11 is 6.25. The first-order valence-electron chi connectivity index (χ1n) is 11.0. The summed E-state index contributed by atoms with van der Waals surface area (Å²) in [6.07, 6.45) is -2.49. The van der Waals surface area contributed by atoms with Gasteiger partial charge in [-0.3, -0.25) is 9.59 Å². The summed E-state index contributed by atoms with van der Waals surface area (Å²) in [5.41, 5.74) is 2.14. The third kappa shape index (κ3) is 6.95. The number of rotatable bonds is 6. The van der Waals surface area contributed by atoms with Crippen LogP contribution in [0, 0.1) is 0 Å². The molecule has 2 aromatic rings. The second-order valence-corrected chi connectivity index (χ2v) is 9.27. The highest BCUT2D eigenvalue weighted by molar-refractivity contribution is 6.30. The number of benzene rings is 2. The van der Waals surface area contributed by atoms with Crippen LogP contribution >= 0.6 is 11.6 Å². The maximum Gasteiger partial charge on any atom is 0.407 e. The Morgan fingerprint density at radius 1 is 1.18 bits per heavy atom. The van der Waals surface area contributed by atoms with Crippen LogP contribution in [0.2, 0.25) is 5.02 Å². The molecule has 0 saturated heterocycles. The standard InChI is InChI=1S/C25H29ClN2O6/c1-5-32-21(29)13-20-23(30)28-19-10-9-17(26)12-18(19)22(33-20)16-8-6-7-15(11-16)14-27-24(31)34-25(2,3)4/h6-12,20,22H,5,13-14H2,1-4H3,(H,27,31)(H,28,30). The lowest BCUT2D eigenvalue weighted by Gasteiger charge is -2.22. The third-order valence-corrected chi connectivity index (χ3v) is 5.13. The number of alkyl carbamates (subject to hydrolysis) is 1. The molecular weight excluding hydrogens is 460 g/mol. The summed E-state index contributed by atoms with van der Waals surface area (Å²) in [5.74, 6) is -0.970.